The van der Waals surface area contributed by atoms with Crippen molar-refractivity contribution < 1.29 is 9.53 Å². The van der Waals surface area contributed by atoms with E-state index in [4.69, 9.17) is 22.1 Å². The van der Waals surface area contributed by atoms with Gasteiger partial charge in [-0.1, -0.05) is 41.9 Å². The Bertz CT molecular complexity index is 538. The molecule has 0 saturated carbocycles. The number of carbonyl (C=O) groups is 1. The summed E-state index contributed by atoms with van der Waals surface area (Å²) in [5.74, 6) is -0.288. The minimum Gasteiger partial charge on any atom is -0.457 e. The van der Waals surface area contributed by atoms with Crippen LogP contribution in [0.1, 0.15) is 15.9 Å². The first-order valence-electron chi connectivity index (χ1n) is 5.29. The molecule has 0 radical (unpaired) electrons. The summed E-state index contributed by atoms with van der Waals surface area (Å²) in [5.41, 5.74) is 6.71. The van der Waals surface area contributed by atoms with Gasteiger partial charge in [-0.15, -0.1) is 0 Å². The summed E-state index contributed by atoms with van der Waals surface area (Å²) in [6.45, 7) is 0.208. The van der Waals surface area contributed by atoms with Crippen LogP contribution in [-0.4, -0.2) is 11.0 Å². The van der Waals surface area contributed by atoms with E-state index in [1.807, 2.05) is 30.3 Å². The molecule has 0 aliphatic rings. The van der Waals surface area contributed by atoms with Crippen molar-refractivity contribution in [3.63, 3.8) is 0 Å². The van der Waals surface area contributed by atoms with E-state index in [1.165, 1.54) is 12.1 Å². The maximum atomic E-state index is 11.8. The Balaban J connectivity index is 2.04. The molecule has 4 nitrogen and oxygen atoms in total. The third-order valence-corrected chi connectivity index (χ3v) is 2.46. The lowest BCUT2D eigenvalue weighted by Crippen LogP contribution is -2.06. The number of rotatable bonds is 3. The van der Waals surface area contributed by atoms with Crippen molar-refractivity contribution in [1.29, 1.82) is 0 Å². The number of esters is 1. The molecule has 18 heavy (non-hydrogen) atoms. The number of hydrogen-bond acceptors (Lipinski definition) is 4. The van der Waals surface area contributed by atoms with Crippen LogP contribution in [0.25, 0.3) is 0 Å². The molecule has 1 aromatic carbocycles. The molecule has 1 heterocycles. The minimum atomic E-state index is -0.477. The van der Waals surface area contributed by atoms with Gasteiger partial charge in [0.25, 0.3) is 0 Å². The predicted octanol–water partition coefficient (Wildman–Crippen LogP) is 2.67. The summed E-state index contributed by atoms with van der Waals surface area (Å²) in [6, 6.07) is 12.3. The zero-order chi connectivity index (χ0) is 13.0. The molecule has 92 valence electrons. The normalized spacial score (nSPS) is 10.1. The molecule has 0 unspecified atom stereocenters. The van der Waals surface area contributed by atoms with Crippen LogP contribution in [0.5, 0.6) is 0 Å². The van der Waals surface area contributed by atoms with Gasteiger partial charge in [0.05, 0.1) is 5.56 Å². The summed E-state index contributed by atoms with van der Waals surface area (Å²) in [7, 11) is 0. The van der Waals surface area contributed by atoms with E-state index in [2.05, 4.69) is 4.98 Å². The molecule has 5 heteroatoms. The molecule has 0 saturated heterocycles. The Morgan fingerprint density at radius 1 is 1.28 bits per heavy atom. The van der Waals surface area contributed by atoms with Crippen molar-refractivity contribution in [2.75, 3.05) is 5.73 Å². The maximum Gasteiger partial charge on any atom is 0.338 e. The van der Waals surface area contributed by atoms with E-state index >= 15 is 0 Å². The van der Waals surface area contributed by atoms with Crippen LogP contribution >= 0.6 is 11.6 Å². The van der Waals surface area contributed by atoms with E-state index in [0.29, 0.717) is 5.56 Å². The van der Waals surface area contributed by atoms with Gasteiger partial charge < -0.3 is 10.5 Å². The quantitative estimate of drug-likeness (QED) is 0.682. The molecule has 0 bridgehead atoms. The van der Waals surface area contributed by atoms with Crippen LogP contribution < -0.4 is 5.73 Å². The van der Waals surface area contributed by atoms with E-state index in [1.54, 1.807) is 0 Å². The van der Waals surface area contributed by atoms with Gasteiger partial charge in [-0.3, -0.25) is 0 Å². The van der Waals surface area contributed by atoms with Crippen LogP contribution in [0.4, 0.5) is 5.82 Å². The van der Waals surface area contributed by atoms with Crippen LogP contribution in [0.2, 0.25) is 5.15 Å². The van der Waals surface area contributed by atoms with Crippen LogP contribution in [0, 0.1) is 0 Å². The Morgan fingerprint density at radius 2 is 2.00 bits per heavy atom. The molecule has 1 aromatic heterocycles. The van der Waals surface area contributed by atoms with Crippen molar-refractivity contribution in [2.45, 2.75) is 6.61 Å². The predicted molar refractivity (Wildman–Crippen MR) is 69.2 cm³/mol. The Labute approximate surface area is 109 Å². The molecule has 0 aliphatic heterocycles. The number of benzene rings is 1. The summed E-state index contributed by atoms with van der Waals surface area (Å²) in [5, 5.41) is 0.168. The lowest BCUT2D eigenvalue weighted by Gasteiger charge is -2.05. The standard InChI is InChI=1S/C13H11ClN2O2/c14-11-6-10(7-12(15)16-11)13(17)18-8-9-4-2-1-3-5-9/h1-7H,8H2,(H2,15,16). The Hall–Kier alpha value is -2.07. The second kappa shape index (κ2) is 5.51. The smallest absolute Gasteiger partial charge is 0.338 e. The van der Waals surface area contributed by atoms with Crippen molar-refractivity contribution in [2.24, 2.45) is 0 Å². The van der Waals surface area contributed by atoms with E-state index in [9.17, 15) is 4.79 Å². The fourth-order valence-corrected chi connectivity index (χ4v) is 1.66. The largest absolute Gasteiger partial charge is 0.457 e. The van der Waals surface area contributed by atoms with Gasteiger partial charge in [0.1, 0.15) is 17.6 Å². The molecule has 2 rings (SSSR count). The second-order valence-corrected chi connectivity index (χ2v) is 4.05. The molecule has 0 spiro atoms. The number of halogens is 1. The second-order valence-electron chi connectivity index (χ2n) is 3.67. The fraction of sp³-hybridized carbons (Fsp3) is 0.0769. The molecular weight excluding hydrogens is 252 g/mol. The van der Waals surface area contributed by atoms with Crippen molar-refractivity contribution in [3.8, 4) is 0 Å². The third kappa shape index (κ3) is 3.21. The summed E-state index contributed by atoms with van der Waals surface area (Å²) >= 11 is 5.71. The van der Waals surface area contributed by atoms with E-state index < -0.39 is 5.97 Å². The molecule has 0 atom stereocenters. The fourth-order valence-electron chi connectivity index (χ4n) is 1.44. The first-order chi connectivity index (χ1) is 8.65. The average Bonchev–Trinajstić information content (AvgIpc) is 2.36. The summed E-state index contributed by atoms with van der Waals surface area (Å²) in [4.78, 5) is 15.5. The van der Waals surface area contributed by atoms with E-state index in [0.717, 1.165) is 5.56 Å². The van der Waals surface area contributed by atoms with E-state index in [-0.39, 0.29) is 17.6 Å². The zero-order valence-electron chi connectivity index (χ0n) is 9.47. The van der Waals surface area contributed by atoms with Crippen LogP contribution in [0.15, 0.2) is 42.5 Å². The number of ether oxygens (including phenoxy) is 1. The SMILES string of the molecule is Nc1cc(C(=O)OCc2ccccc2)cc(Cl)n1. The van der Waals surface area contributed by atoms with Gasteiger partial charge in [-0.2, -0.15) is 0 Å². The average molecular weight is 263 g/mol. The summed E-state index contributed by atoms with van der Waals surface area (Å²) in [6.07, 6.45) is 0. The van der Waals surface area contributed by atoms with Gasteiger partial charge in [0, 0.05) is 0 Å². The van der Waals surface area contributed by atoms with Gasteiger partial charge in [-0.25, -0.2) is 9.78 Å². The third-order valence-electron chi connectivity index (χ3n) is 2.26. The highest BCUT2D eigenvalue weighted by Crippen LogP contribution is 2.14. The number of carbonyl (C=O) groups excluding carboxylic acids is 1. The van der Waals surface area contributed by atoms with Gasteiger partial charge in [0.15, 0.2) is 0 Å². The number of nitrogens with two attached hydrogens (primary N) is 1. The van der Waals surface area contributed by atoms with Crippen molar-refractivity contribution in [3.05, 3.63) is 58.7 Å². The lowest BCUT2D eigenvalue weighted by molar-refractivity contribution is 0.0472. The van der Waals surface area contributed by atoms with Crippen LogP contribution in [0.3, 0.4) is 0 Å². The number of nitrogens with zero attached hydrogens (tertiary/aromatic N) is 1. The molecule has 2 N–H and O–H groups in total. The monoisotopic (exact) mass is 262 g/mol. The number of aromatic nitrogens is 1. The Morgan fingerprint density at radius 3 is 2.67 bits per heavy atom. The minimum absolute atomic E-state index is 0.168. The van der Waals surface area contributed by atoms with Crippen molar-refractivity contribution in [1.82, 2.24) is 4.98 Å². The number of nitrogen functional groups attached to an aromatic ring is 1. The highest BCUT2D eigenvalue weighted by atomic mass is 35.5. The zero-order valence-corrected chi connectivity index (χ0v) is 10.2. The molecular formula is C13H11ClN2O2. The Kier molecular flexibility index (Phi) is 3.79. The molecule has 0 fully saturated rings. The first kappa shape index (κ1) is 12.4. The van der Waals surface area contributed by atoms with Gasteiger partial charge >= 0.3 is 5.97 Å². The number of anilines is 1. The maximum absolute atomic E-state index is 11.8. The van der Waals surface area contributed by atoms with Crippen LogP contribution in [-0.2, 0) is 11.3 Å². The number of hydrogen-bond donors (Lipinski definition) is 1. The highest BCUT2D eigenvalue weighted by molar-refractivity contribution is 6.29. The van der Waals surface area contributed by atoms with Gasteiger partial charge in [-0.05, 0) is 17.7 Å². The highest BCUT2D eigenvalue weighted by Gasteiger charge is 2.09. The van der Waals surface area contributed by atoms with Gasteiger partial charge in [0.2, 0.25) is 0 Å². The topological polar surface area (TPSA) is 65.2 Å². The first-order valence-corrected chi connectivity index (χ1v) is 5.67. The molecule has 0 aliphatic carbocycles. The molecule has 2 aromatic rings. The van der Waals surface area contributed by atoms with Crippen molar-refractivity contribution >= 4 is 23.4 Å². The lowest BCUT2D eigenvalue weighted by atomic mass is 10.2. The summed E-state index contributed by atoms with van der Waals surface area (Å²) < 4.78 is 5.14. The number of pyridine rings is 1. The molecule has 0 amide bonds.